The van der Waals surface area contributed by atoms with Gasteiger partial charge in [-0.2, -0.15) is 8.78 Å². The van der Waals surface area contributed by atoms with Crippen molar-refractivity contribution in [2.75, 3.05) is 0 Å². The van der Waals surface area contributed by atoms with Gasteiger partial charge in [0.05, 0.1) is 5.56 Å². The van der Waals surface area contributed by atoms with Crippen molar-refractivity contribution in [3.63, 3.8) is 0 Å². The molecule has 0 aliphatic carbocycles. The molecule has 0 unspecified atom stereocenters. The fourth-order valence-electron chi connectivity index (χ4n) is 0.965. The minimum absolute atomic E-state index is 0.157. The lowest BCUT2D eigenvalue weighted by Crippen LogP contribution is -1.92. The number of rotatable bonds is 3. The van der Waals surface area contributed by atoms with Crippen LogP contribution in [-0.2, 0) is 10.7 Å². The first kappa shape index (κ1) is 11.5. The van der Waals surface area contributed by atoms with Gasteiger partial charge in [0.25, 0.3) is 11.8 Å². The zero-order valence-corrected chi connectivity index (χ0v) is 8.84. The number of hydrogen-bond donors (Lipinski definition) is 1. The predicted octanol–water partition coefficient (Wildman–Crippen LogP) is 0.434. The highest BCUT2D eigenvalue weighted by molar-refractivity contribution is 7.72. The van der Waals surface area contributed by atoms with Gasteiger partial charge in [0, 0.05) is 12.4 Å². The average Bonchev–Trinajstić information content (AvgIpc) is 2.78. The van der Waals surface area contributed by atoms with Gasteiger partial charge in [0.1, 0.15) is 0 Å². The minimum atomic E-state index is -2.89. The molecule has 10 heteroatoms. The molecule has 0 aliphatic rings. The predicted molar refractivity (Wildman–Crippen MR) is 48.9 cm³/mol. The molecule has 0 saturated heterocycles. The maximum Gasteiger partial charge on any atom is 0.314 e. The first-order valence-corrected chi connectivity index (χ1v) is 5.34. The van der Waals surface area contributed by atoms with E-state index in [2.05, 4.69) is 24.6 Å². The molecule has 0 amide bonds. The Kier molecular flexibility index (Phi) is 3.04. The van der Waals surface area contributed by atoms with Gasteiger partial charge in [-0.1, -0.05) is 0 Å². The fraction of sp³-hybridized carbons (Fsp3) is 0.143. The average molecular weight is 262 g/mol. The lowest BCUT2D eigenvalue weighted by Gasteiger charge is -1.93. The molecule has 0 N–H and O–H groups in total. The van der Waals surface area contributed by atoms with Gasteiger partial charge in [0.2, 0.25) is 15.9 Å². The first-order valence-electron chi connectivity index (χ1n) is 4.16. The minimum Gasteiger partial charge on any atom is -0.415 e. The van der Waals surface area contributed by atoms with Crippen LogP contribution in [0.3, 0.4) is 0 Å². The third kappa shape index (κ3) is 2.41. The summed E-state index contributed by atoms with van der Waals surface area (Å²) in [7, 11) is -2.89. The van der Waals surface area contributed by atoms with Gasteiger partial charge in [-0.25, -0.2) is 18.4 Å². The summed E-state index contributed by atoms with van der Waals surface area (Å²) >= 11 is 0. The largest absolute Gasteiger partial charge is 0.415 e. The number of nitrogens with zero attached hydrogens (tertiary/aromatic N) is 4. The lowest BCUT2D eigenvalue weighted by molar-refractivity contribution is 0.116. The molecule has 0 aliphatic heterocycles. The Bertz CT molecular complexity index is 587. The summed E-state index contributed by atoms with van der Waals surface area (Å²) in [5.74, 6) is -1.02. The van der Waals surface area contributed by atoms with Crippen LogP contribution in [0.4, 0.5) is 8.78 Å². The fourth-order valence-corrected chi connectivity index (χ4v) is 1.27. The molecule has 0 atom stereocenters. The number of halogens is 2. The van der Waals surface area contributed by atoms with E-state index in [4.69, 9.17) is 0 Å². The third-order valence-corrected chi connectivity index (χ3v) is 2.23. The van der Waals surface area contributed by atoms with Crippen molar-refractivity contribution in [2.45, 2.75) is 11.6 Å². The van der Waals surface area contributed by atoms with Gasteiger partial charge in [-0.05, 0) is 0 Å². The Hall–Kier alpha value is -1.97. The van der Waals surface area contributed by atoms with Crippen molar-refractivity contribution >= 4 is 10.7 Å². The van der Waals surface area contributed by atoms with Crippen LogP contribution in [0.2, 0.25) is 0 Å². The van der Waals surface area contributed by atoms with Gasteiger partial charge >= 0.3 is 6.43 Å². The maximum atomic E-state index is 12.2. The Labute approximate surface area is 94.5 Å². The summed E-state index contributed by atoms with van der Waals surface area (Å²) < 4.78 is 50.0. The van der Waals surface area contributed by atoms with E-state index < -0.39 is 23.0 Å². The van der Waals surface area contributed by atoms with Crippen LogP contribution in [-0.4, -0.2) is 28.6 Å². The second-order valence-electron chi connectivity index (χ2n) is 2.77. The van der Waals surface area contributed by atoms with E-state index in [1.807, 2.05) is 0 Å². The molecule has 0 radical (unpaired) electrons. The molecule has 2 aromatic heterocycles. The van der Waals surface area contributed by atoms with E-state index in [1.165, 1.54) is 0 Å². The third-order valence-electron chi connectivity index (χ3n) is 1.68. The molecule has 90 valence electrons. The summed E-state index contributed by atoms with van der Waals surface area (Å²) in [6.45, 7) is 0. The van der Waals surface area contributed by atoms with Crippen LogP contribution in [0.1, 0.15) is 12.3 Å². The van der Waals surface area contributed by atoms with Crippen molar-refractivity contribution in [1.82, 2.24) is 20.2 Å². The van der Waals surface area contributed by atoms with Crippen LogP contribution in [0.25, 0.3) is 11.5 Å². The van der Waals surface area contributed by atoms with Crippen molar-refractivity contribution in [3.8, 4) is 11.5 Å². The van der Waals surface area contributed by atoms with Crippen molar-refractivity contribution < 1.29 is 21.6 Å². The molecule has 0 fully saturated rings. The van der Waals surface area contributed by atoms with E-state index in [0.717, 1.165) is 12.4 Å². The van der Waals surface area contributed by atoms with Crippen LogP contribution in [0.15, 0.2) is 22.0 Å². The zero-order chi connectivity index (χ0) is 12.4. The van der Waals surface area contributed by atoms with Crippen LogP contribution in [0, 0.1) is 0 Å². The first-order chi connectivity index (χ1) is 8.08. The topological polar surface area (TPSA) is 98.8 Å². The molecule has 0 bridgehead atoms. The van der Waals surface area contributed by atoms with Gasteiger partial charge in [-0.15, -0.1) is 10.2 Å². The SMILES string of the molecule is O=[SH](=O)c1ncc(-c2nnc(C(F)F)o2)cn1. The van der Waals surface area contributed by atoms with Gasteiger partial charge in [0.15, 0.2) is 0 Å². The van der Waals surface area contributed by atoms with E-state index in [1.54, 1.807) is 0 Å². The summed E-state index contributed by atoms with van der Waals surface area (Å²) in [5.41, 5.74) is 0.157. The maximum absolute atomic E-state index is 12.2. The molecule has 2 heterocycles. The standard InChI is InChI=1S/C7H4F2N4O3S/c8-4(9)6-13-12-5(16-6)3-1-10-7(11-2-3)17(14)15/h1-2,4,17H. The monoisotopic (exact) mass is 262 g/mol. The zero-order valence-electron chi connectivity index (χ0n) is 7.95. The van der Waals surface area contributed by atoms with E-state index in [0.29, 0.717) is 0 Å². The van der Waals surface area contributed by atoms with E-state index in [9.17, 15) is 17.2 Å². The molecule has 7 nitrogen and oxygen atoms in total. The highest BCUT2D eigenvalue weighted by Gasteiger charge is 2.17. The highest BCUT2D eigenvalue weighted by Crippen LogP contribution is 2.22. The highest BCUT2D eigenvalue weighted by atomic mass is 32.2. The van der Waals surface area contributed by atoms with E-state index in [-0.39, 0.29) is 16.6 Å². The molecular formula is C7H4F2N4O3S. The second kappa shape index (κ2) is 4.49. The summed E-state index contributed by atoms with van der Waals surface area (Å²) in [4.78, 5) is 6.97. The Balaban J connectivity index is 2.33. The molecule has 0 spiro atoms. The molecule has 0 aromatic carbocycles. The second-order valence-corrected chi connectivity index (χ2v) is 3.69. The summed E-state index contributed by atoms with van der Waals surface area (Å²) in [5, 5.41) is 6.09. The van der Waals surface area contributed by atoms with Crippen LogP contribution >= 0.6 is 0 Å². The lowest BCUT2D eigenvalue weighted by atomic mass is 10.3. The Morgan fingerprint density at radius 3 is 2.29 bits per heavy atom. The van der Waals surface area contributed by atoms with Gasteiger partial charge < -0.3 is 4.42 Å². The Morgan fingerprint density at radius 2 is 1.82 bits per heavy atom. The number of thiol groups is 1. The quantitative estimate of drug-likeness (QED) is 0.632. The Morgan fingerprint density at radius 1 is 1.18 bits per heavy atom. The van der Waals surface area contributed by atoms with E-state index >= 15 is 0 Å². The van der Waals surface area contributed by atoms with Crippen molar-refractivity contribution in [3.05, 3.63) is 18.3 Å². The molecule has 2 rings (SSSR count). The molecular weight excluding hydrogens is 258 g/mol. The normalized spacial score (nSPS) is 11.3. The number of alkyl halides is 2. The number of aromatic nitrogens is 4. The van der Waals surface area contributed by atoms with Crippen LogP contribution < -0.4 is 0 Å². The molecule has 0 saturated carbocycles. The van der Waals surface area contributed by atoms with Gasteiger partial charge in [-0.3, -0.25) is 0 Å². The molecule has 2 aromatic rings. The van der Waals surface area contributed by atoms with Crippen LogP contribution in [0.5, 0.6) is 0 Å². The summed E-state index contributed by atoms with van der Waals surface area (Å²) in [6.07, 6.45) is -0.681. The smallest absolute Gasteiger partial charge is 0.314 e. The number of hydrogen-bond acceptors (Lipinski definition) is 7. The summed E-state index contributed by atoms with van der Waals surface area (Å²) in [6, 6.07) is 0. The van der Waals surface area contributed by atoms with Crippen molar-refractivity contribution in [2.24, 2.45) is 0 Å². The molecule has 17 heavy (non-hydrogen) atoms. The van der Waals surface area contributed by atoms with Crippen molar-refractivity contribution in [1.29, 1.82) is 0 Å².